The smallest absolute Gasteiger partial charge is 0.325 e. The van der Waals surface area contributed by atoms with Crippen molar-refractivity contribution in [2.24, 2.45) is 0 Å². The van der Waals surface area contributed by atoms with Crippen LogP contribution >= 0.6 is 0 Å². The zero-order chi connectivity index (χ0) is 17.4. The van der Waals surface area contributed by atoms with Crippen molar-refractivity contribution >= 4 is 11.9 Å². The summed E-state index contributed by atoms with van der Waals surface area (Å²) in [6.45, 7) is 1.95. The largest absolute Gasteiger partial charge is 0.490 e. The number of hydrogen-bond donors (Lipinski definition) is 1. The van der Waals surface area contributed by atoms with Crippen LogP contribution < -0.4 is 10.1 Å². The Balaban J connectivity index is 1.65. The molecule has 1 amide bonds. The minimum absolute atomic E-state index is 0.0720. The molecule has 1 N–H and O–H groups in total. The first-order valence-corrected chi connectivity index (χ1v) is 7.43. The summed E-state index contributed by atoms with van der Waals surface area (Å²) in [5.74, 6) is -0.945. The Labute approximate surface area is 139 Å². The predicted molar refractivity (Wildman–Crippen MR) is 86.4 cm³/mol. The van der Waals surface area contributed by atoms with E-state index in [0.29, 0.717) is 5.75 Å². The highest BCUT2D eigenvalue weighted by Gasteiger charge is 2.09. The molecular weight excluding hydrogens is 313 g/mol. The van der Waals surface area contributed by atoms with Gasteiger partial charge >= 0.3 is 5.97 Å². The molecule has 0 saturated heterocycles. The maximum absolute atomic E-state index is 13.0. The topological polar surface area (TPSA) is 64.6 Å². The van der Waals surface area contributed by atoms with Gasteiger partial charge in [-0.2, -0.15) is 0 Å². The third-order valence-electron chi connectivity index (χ3n) is 3.08. The fraction of sp³-hybridized carbons (Fsp3) is 0.222. The molecule has 2 rings (SSSR count). The number of benzene rings is 2. The molecule has 0 bridgehead atoms. The van der Waals surface area contributed by atoms with E-state index in [1.807, 2.05) is 31.2 Å². The molecule has 0 aliphatic rings. The van der Waals surface area contributed by atoms with E-state index in [9.17, 15) is 14.0 Å². The SMILES string of the molecule is Cc1cccc(OCCOC(=O)CNC(=O)c2cccc(F)c2)c1. The lowest BCUT2D eigenvalue weighted by atomic mass is 10.2. The predicted octanol–water partition coefficient (Wildman–Crippen LogP) is 2.49. The Morgan fingerprint density at radius 2 is 1.88 bits per heavy atom. The Kier molecular flexibility index (Phi) is 6.31. The lowest BCUT2D eigenvalue weighted by molar-refractivity contribution is -0.143. The van der Waals surface area contributed by atoms with E-state index in [1.54, 1.807) is 0 Å². The van der Waals surface area contributed by atoms with Crippen LogP contribution in [0.2, 0.25) is 0 Å². The standard InChI is InChI=1S/C18H18FNO4/c1-13-4-2-7-16(10-13)23-8-9-24-17(21)12-20-18(22)14-5-3-6-15(19)11-14/h2-7,10-11H,8-9,12H2,1H3,(H,20,22). The number of hydrogen-bond acceptors (Lipinski definition) is 4. The average molecular weight is 331 g/mol. The minimum atomic E-state index is -0.590. The van der Waals surface area contributed by atoms with E-state index in [2.05, 4.69) is 5.32 Å². The number of amides is 1. The van der Waals surface area contributed by atoms with Gasteiger partial charge in [-0.1, -0.05) is 18.2 Å². The van der Waals surface area contributed by atoms with Crippen LogP contribution in [0.15, 0.2) is 48.5 Å². The van der Waals surface area contributed by atoms with Crippen molar-refractivity contribution in [1.29, 1.82) is 0 Å². The third kappa shape index (κ3) is 5.72. The van der Waals surface area contributed by atoms with Gasteiger partial charge in [0.05, 0.1) is 0 Å². The highest BCUT2D eigenvalue weighted by atomic mass is 19.1. The van der Waals surface area contributed by atoms with Gasteiger partial charge in [-0.05, 0) is 42.8 Å². The van der Waals surface area contributed by atoms with Crippen LogP contribution in [0.3, 0.4) is 0 Å². The average Bonchev–Trinajstić information content (AvgIpc) is 2.56. The number of rotatable bonds is 7. The van der Waals surface area contributed by atoms with Gasteiger partial charge in [0.2, 0.25) is 0 Å². The Morgan fingerprint density at radius 1 is 1.08 bits per heavy atom. The molecule has 6 heteroatoms. The number of nitrogens with one attached hydrogen (secondary N) is 1. The third-order valence-corrected chi connectivity index (χ3v) is 3.08. The minimum Gasteiger partial charge on any atom is -0.490 e. The fourth-order valence-electron chi connectivity index (χ4n) is 1.96. The number of ether oxygens (including phenoxy) is 2. The molecule has 2 aromatic carbocycles. The summed E-state index contributed by atoms with van der Waals surface area (Å²) in [5, 5.41) is 2.37. The van der Waals surface area contributed by atoms with Gasteiger partial charge in [-0.3, -0.25) is 9.59 Å². The van der Waals surface area contributed by atoms with E-state index in [4.69, 9.17) is 9.47 Å². The first-order chi connectivity index (χ1) is 11.5. The highest BCUT2D eigenvalue weighted by molar-refractivity contribution is 5.95. The summed E-state index contributed by atoms with van der Waals surface area (Å²) >= 11 is 0. The second kappa shape index (κ2) is 8.67. The summed E-state index contributed by atoms with van der Waals surface area (Å²) in [4.78, 5) is 23.3. The number of halogens is 1. The lowest BCUT2D eigenvalue weighted by Gasteiger charge is -2.08. The van der Waals surface area contributed by atoms with Crippen molar-refractivity contribution in [1.82, 2.24) is 5.32 Å². The normalized spacial score (nSPS) is 10.1. The molecule has 0 aromatic heterocycles. The van der Waals surface area contributed by atoms with E-state index in [1.165, 1.54) is 18.2 Å². The van der Waals surface area contributed by atoms with E-state index in [-0.39, 0.29) is 25.3 Å². The molecular formula is C18H18FNO4. The Bertz CT molecular complexity index is 718. The van der Waals surface area contributed by atoms with Crippen molar-refractivity contribution in [3.05, 3.63) is 65.5 Å². The molecule has 0 aliphatic carbocycles. The molecule has 126 valence electrons. The second-order valence-corrected chi connectivity index (χ2v) is 5.08. The van der Waals surface area contributed by atoms with Crippen LogP contribution in [0.5, 0.6) is 5.75 Å². The van der Waals surface area contributed by atoms with Gasteiger partial charge in [0.25, 0.3) is 5.91 Å². The molecule has 0 atom stereocenters. The van der Waals surface area contributed by atoms with Gasteiger partial charge in [-0.15, -0.1) is 0 Å². The molecule has 0 aliphatic heterocycles. The first-order valence-electron chi connectivity index (χ1n) is 7.43. The molecule has 0 radical (unpaired) electrons. The maximum Gasteiger partial charge on any atom is 0.325 e. The van der Waals surface area contributed by atoms with Crippen molar-refractivity contribution in [2.45, 2.75) is 6.92 Å². The second-order valence-electron chi connectivity index (χ2n) is 5.08. The van der Waals surface area contributed by atoms with E-state index in [0.717, 1.165) is 11.6 Å². The molecule has 0 unspecified atom stereocenters. The van der Waals surface area contributed by atoms with Crippen LogP contribution in [0.25, 0.3) is 0 Å². The Morgan fingerprint density at radius 3 is 2.62 bits per heavy atom. The molecule has 0 fully saturated rings. The summed E-state index contributed by atoms with van der Waals surface area (Å²) in [7, 11) is 0. The quantitative estimate of drug-likeness (QED) is 0.625. The fourth-order valence-corrected chi connectivity index (χ4v) is 1.96. The lowest BCUT2D eigenvalue weighted by Crippen LogP contribution is -2.31. The van der Waals surface area contributed by atoms with Crippen molar-refractivity contribution in [3.8, 4) is 5.75 Å². The van der Waals surface area contributed by atoms with E-state index < -0.39 is 17.7 Å². The van der Waals surface area contributed by atoms with Crippen molar-refractivity contribution in [2.75, 3.05) is 19.8 Å². The number of carbonyl (C=O) groups is 2. The summed E-state index contributed by atoms with van der Waals surface area (Å²) < 4.78 is 23.4. The van der Waals surface area contributed by atoms with Gasteiger partial charge in [0, 0.05) is 5.56 Å². The van der Waals surface area contributed by atoms with Crippen molar-refractivity contribution < 1.29 is 23.5 Å². The molecule has 0 spiro atoms. The maximum atomic E-state index is 13.0. The van der Waals surface area contributed by atoms with Gasteiger partial charge in [0.1, 0.15) is 31.3 Å². The van der Waals surface area contributed by atoms with E-state index >= 15 is 0 Å². The number of aryl methyl sites for hydroxylation is 1. The summed E-state index contributed by atoms with van der Waals surface area (Å²) in [6, 6.07) is 12.7. The first kappa shape index (κ1) is 17.5. The van der Waals surface area contributed by atoms with Crippen LogP contribution in [0, 0.1) is 12.7 Å². The van der Waals surface area contributed by atoms with Crippen LogP contribution in [0.4, 0.5) is 4.39 Å². The van der Waals surface area contributed by atoms with Crippen molar-refractivity contribution in [3.63, 3.8) is 0 Å². The number of carbonyl (C=O) groups excluding carboxylic acids is 2. The molecule has 0 heterocycles. The van der Waals surface area contributed by atoms with Crippen LogP contribution in [0.1, 0.15) is 15.9 Å². The molecule has 2 aromatic rings. The zero-order valence-electron chi connectivity index (χ0n) is 13.3. The monoisotopic (exact) mass is 331 g/mol. The van der Waals surface area contributed by atoms with Gasteiger partial charge in [0.15, 0.2) is 0 Å². The van der Waals surface area contributed by atoms with Gasteiger partial charge in [-0.25, -0.2) is 4.39 Å². The summed E-state index contributed by atoms with van der Waals surface area (Å²) in [5.41, 5.74) is 1.22. The highest BCUT2D eigenvalue weighted by Crippen LogP contribution is 2.11. The van der Waals surface area contributed by atoms with Crippen LogP contribution in [-0.2, 0) is 9.53 Å². The number of esters is 1. The Hall–Kier alpha value is -2.89. The zero-order valence-corrected chi connectivity index (χ0v) is 13.3. The van der Waals surface area contributed by atoms with Gasteiger partial charge < -0.3 is 14.8 Å². The molecule has 0 saturated carbocycles. The molecule has 24 heavy (non-hydrogen) atoms. The summed E-state index contributed by atoms with van der Waals surface area (Å²) in [6.07, 6.45) is 0. The molecule has 5 nitrogen and oxygen atoms in total. The van der Waals surface area contributed by atoms with Crippen LogP contribution in [-0.4, -0.2) is 31.6 Å².